The molecule has 0 aromatic heterocycles. The number of rotatable bonds is 4. The van der Waals surface area contributed by atoms with E-state index in [1.165, 1.54) is 11.1 Å². The summed E-state index contributed by atoms with van der Waals surface area (Å²) in [6.45, 7) is 5.49. The Labute approximate surface area is 89.7 Å². The lowest BCUT2D eigenvalue weighted by Gasteiger charge is -2.00. The van der Waals surface area contributed by atoms with Crippen LogP contribution in [0, 0.1) is 13.8 Å². The van der Waals surface area contributed by atoms with Crippen LogP contribution in [0.5, 0.6) is 0 Å². The summed E-state index contributed by atoms with van der Waals surface area (Å²) in [4.78, 5) is 5.10. The molecule has 3 nitrogen and oxygen atoms in total. The number of benzene rings is 1. The summed E-state index contributed by atoms with van der Waals surface area (Å²) in [6.07, 6.45) is 2.02. The first kappa shape index (κ1) is 10.2. The molecule has 0 bridgehead atoms. The second-order valence-corrected chi connectivity index (χ2v) is 3.85. The molecule has 3 heteroatoms. The van der Waals surface area contributed by atoms with Crippen molar-refractivity contribution in [1.82, 2.24) is 0 Å². The molecule has 15 heavy (non-hydrogen) atoms. The van der Waals surface area contributed by atoms with Gasteiger partial charge in [-0.3, -0.25) is 0 Å². The van der Waals surface area contributed by atoms with Gasteiger partial charge in [0.15, 0.2) is 0 Å². The molecular formula is C12H15NO2. The van der Waals surface area contributed by atoms with E-state index in [9.17, 15) is 0 Å². The summed E-state index contributed by atoms with van der Waals surface area (Å²) in [7, 11) is 0. The third-order valence-corrected chi connectivity index (χ3v) is 2.36. The van der Waals surface area contributed by atoms with E-state index in [0.717, 1.165) is 12.2 Å². The van der Waals surface area contributed by atoms with Crippen LogP contribution in [-0.2, 0) is 9.57 Å². The monoisotopic (exact) mass is 205 g/mol. The van der Waals surface area contributed by atoms with Crippen LogP contribution in [-0.4, -0.2) is 25.5 Å². The summed E-state index contributed by atoms with van der Waals surface area (Å²) in [5.41, 5.74) is 3.54. The Bertz CT molecular complexity index is 370. The van der Waals surface area contributed by atoms with Gasteiger partial charge in [0.05, 0.1) is 12.8 Å². The second-order valence-electron chi connectivity index (χ2n) is 3.85. The van der Waals surface area contributed by atoms with E-state index in [0.29, 0.717) is 6.61 Å². The highest BCUT2D eigenvalue weighted by Crippen LogP contribution is 2.10. The predicted octanol–water partition coefficient (Wildman–Crippen LogP) is 2.05. The molecule has 1 unspecified atom stereocenters. The second kappa shape index (κ2) is 4.45. The average molecular weight is 205 g/mol. The Morgan fingerprint density at radius 2 is 2.33 bits per heavy atom. The zero-order valence-electron chi connectivity index (χ0n) is 9.06. The molecule has 2 rings (SSSR count). The fraction of sp³-hybridized carbons (Fsp3) is 0.417. The molecule has 1 aromatic carbocycles. The van der Waals surface area contributed by atoms with Crippen LogP contribution >= 0.6 is 0 Å². The van der Waals surface area contributed by atoms with Crippen molar-refractivity contribution in [3.05, 3.63) is 34.9 Å². The lowest BCUT2D eigenvalue weighted by molar-refractivity contribution is 0.126. The number of epoxide rings is 1. The van der Waals surface area contributed by atoms with Crippen LogP contribution in [0.25, 0.3) is 0 Å². The number of nitrogens with zero attached hydrogens (tertiary/aromatic N) is 1. The van der Waals surface area contributed by atoms with Gasteiger partial charge in [0.25, 0.3) is 0 Å². The van der Waals surface area contributed by atoms with Crippen LogP contribution < -0.4 is 0 Å². The summed E-state index contributed by atoms with van der Waals surface area (Å²) >= 11 is 0. The van der Waals surface area contributed by atoms with Crippen molar-refractivity contribution in [2.75, 3.05) is 13.2 Å². The van der Waals surface area contributed by atoms with Crippen molar-refractivity contribution in [3.8, 4) is 0 Å². The summed E-state index contributed by atoms with van der Waals surface area (Å²) in [5.74, 6) is 0. The van der Waals surface area contributed by atoms with Gasteiger partial charge < -0.3 is 9.57 Å². The predicted molar refractivity (Wildman–Crippen MR) is 59.2 cm³/mol. The molecule has 0 spiro atoms. The van der Waals surface area contributed by atoms with E-state index in [2.05, 4.69) is 37.2 Å². The van der Waals surface area contributed by atoms with Crippen LogP contribution in [0.1, 0.15) is 16.7 Å². The van der Waals surface area contributed by atoms with Crippen LogP contribution in [0.3, 0.4) is 0 Å². The third-order valence-electron chi connectivity index (χ3n) is 2.36. The van der Waals surface area contributed by atoms with E-state index in [-0.39, 0.29) is 6.10 Å². The lowest BCUT2D eigenvalue weighted by atomic mass is 10.1. The highest BCUT2D eigenvalue weighted by atomic mass is 16.7. The summed E-state index contributed by atoms with van der Waals surface area (Å²) in [6, 6.07) is 6.27. The quantitative estimate of drug-likeness (QED) is 0.428. The van der Waals surface area contributed by atoms with Gasteiger partial charge in [-0.05, 0) is 25.0 Å². The number of hydrogen-bond donors (Lipinski definition) is 0. The van der Waals surface area contributed by atoms with Crippen molar-refractivity contribution >= 4 is 6.21 Å². The average Bonchev–Trinajstić information content (AvgIpc) is 3.01. The maximum atomic E-state index is 5.10. The minimum atomic E-state index is 0.265. The number of hydrogen-bond acceptors (Lipinski definition) is 3. The molecule has 0 saturated carbocycles. The van der Waals surface area contributed by atoms with E-state index in [1.54, 1.807) is 6.21 Å². The fourth-order valence-electron chi connectivity index (χ4n) is 1.28. The van der Waals surface area contributed by atoms with E-state index >= 15 is 0 Å². The van der Waals surface area contributed by atoms with Gasteiger partial charge in [0.1, 0.15) is 12.7 Å². The Hall–Kier alpha value is -1.35. The molecule has 1 saturated heterocycles. The first-order chi connectivity index (χ1) is 7.25. The third kappa shape index (κ3) is 3.06. The first-order valence-electron chi connectivity index (χ1n) is 5.10. The van der Waals surface area contributed by atoms with Crippen molar-refractivity contribution < 1.29 is 9.57 Å². The maximum Gasteiger partial charge on any atom is 0.145 e. The molecule has 0 N–H and O–H groups in total. The van der Waals surface area contributed by atoms with Gasteiger partial charge in [-0.25, -0.2) is 0 Å². The van der Waals surface area contributed by atoms with Crippen LogP contribution in [0.2, 0.25) is 0 Å². The summed E-state index contributed by atoms with van der Waals surface area (Å²) < 4.78 is 5.00. The van der Waals surface area contributed by atoms with Crippen molar-refractivity contribution in [2.24, 2.45) is 5.16 Å². The van der Waals surface area contributed by atoms with Gasteiger partial charge in [0, 0.05) is 0 Å². The van der Waals surface area contributed by atoms with E-state index < -0.39 is 0 Å². The zero-order valence-corrected chi connectivity index (χ0v) is 9.06. The molecule has 1 aliphatic rings. The van der Waals surface area contributed by atoms with Crippen molar-refractivity contribution in [2.45, 2.75) is 20.0 Å². The minimum Gasteiger partial charge on any atom is -0.393 e. The maximum absolute atomic E-state index is 5.10. The van der Waals surface area contributed by atoms with E-state index in [4.69, 9.17) is 9.57 Å². The van der Waals surface area contributed by atoms with Crippen LogP contribution in [0.15, 0.2) is 23.4 Å². The minimum absolute atomic E-state index is 0.265. The molecule has 0 radical (unpaired) electrons. The molecule has 1 atom stereocenters. The normalized spacial score (nSPS) is 19.5. The lowest BCUT2D eigenvalue weighted by Crippen LogP contribution is -1.97. The van der Waals surface area contributed by atoms with Crippen molar-refractivity contribution in [1.29, 1.82) is 0 Å². The molecular weight excluding hydrogens is 190 g/mol. The number of ether oxygens (including phenoxy) is 1. The van der Waals surface area contributed by atoms with Gasteiger partial charge in [0.2, 0.25) is 0 Å². The molecule has 1 aliphatic heterocycles. The molecule has 0 amide bonds. The fourth-order valence-corrected chi connectivity index (χ4v) is 1.28. The Morgan fingerprint density at radius 3 is 3.07 bits per heavy atom. The van der Waals surface area contributed by atoms with Gasteiger partial charge in [-0.1, -0.05) is 28.9 Å². The van der Waals surface area contributed by atoms with Gasteiger partial charge in [-0.15, -0.1) is 0 Å². The highest BCUT2D eigenvalue weighted by molar-refractivity contribution is 5.81. The molecule has 1 heterocycles. The van der Waals surface area contributed by atoms with E-state index in [1.807, 2.05) is 0 Å². The Kier molecular flexibility index (Phi) is 3.02. The molecule has 1 aromatic rings. The first-order valence-corrected chi connectivity index (χ1v) is 5.10. The topological polar surface area (TPSA) is 34.1 Å². The summed E-state index contributed by atoms with van der Waals surface area (Å²) in [5, 5.41) is 3.92. The zero-order chi connectivity index (χ0) is 10.7. The van der Waals surface area contributed by atoms with Gasteiger partial charge in [-0.2, -0.15) is 0 Å². The van der Waals surface area contributed by atoms with Crippen LogP contribution in [0.4, 0.5) is 0 Å². The molecule has 80 valence electrons. The highest BCUT2D eigenvalue weighted by Gasteiger charge is 2.22. The number of aryl methyl sites for hydroxylation is 2. The molecule has 1 fully saturated rings. The Morgan fingerprint density at radius 1 is 1.53 bits per heavy atom. The SMILES string of the molecule is Cc1ccc(C)c(/C=N/OCC2CO2)c1. The Balaban J connectivity index is 1.92. The standard InChI is InChI=1S/C12H15NO2/c1-9-3-4-10(2)11(5-9)6-13-15-8-12-7-14-12/h3-6,12H,7-8H2,1-2H3/b13-6+. The van der Waals surface area contributed by atoms with Gasteiger partial charge >= 0.3 is 0 Å². The molecule has 0 aliphatic carbocycles. The number of oxime groups is 1. The largest absolute Gasteiger partial charge is 0.393 e. The van der Waals surface area contributed by atoms with Crippen molar-refractivity contribution in [3.63, 3.8) is 0 Å². The smallest absolute Gasteiger partial charge is 0.145 e.